The molecule has 7 nitrogen and oxygen atoms in total. The van der Waals surface area contributed by atoms with E-state index >= 15 is 0 Å². The number of nitrogen functional groups attached to an aromatic ring is 1. The van der Waals surface area contributed by atoms with Crippen LogP contribution in [0.3, 0.4) is 0 Å². The number of aromatic nitrogens is 4. The summed E-state index contributed by atoms with van der Waals surface area (Å²) < 4.78 is 0. The molecule has 0 unspecified atom stereocenters. The van der Waals surface area contributed by atoms with Gasteiger partial charge in [0.2, 0.25) is 0 Å². The summed E-state index contributed by atoms with van der Waals surface area (Å²) in [6, 6.07) is 7.84. The molecular formula is C17H15N7. The van der Waals surface area contributed by atoms with Gasteiger partial charge < -0.3 is 11.1 Å². The number of nitrogens with one attached hydrogen (secondary N) is 2. The number of nitrogens with zero attached hydrogens (tertiary/aromatic N) is 4. The summed E-state index contributed by atoms with van der Waals surface area (Å²) >= 11 is 0. The van der Waals surface area contributed by atoms with Crippen LogP contribution in [0.5, 0.6) is 0 Å². The zero-order valence-corrected chi connectivity index (χ0v) is 13.0. The first kappa shape index (κ1) is 15.4. The average molecular weight is 317 g/mol. The lowest BCUT2D eigenvalue weighted by atomic mass is 10.0. The van der Waals surface area contributed by atoms with Crippen molar-refractivity contribution in [3.63, 3.8) is 0 Å². The highest BCUT2D eigenvalue weighted by molar-refractivity contribution is 5.92. The zero-order chi connectivity index (χ0) is 17.1. The molecule has 0 amide bonds. The highest BCUT2D eigenvalue weighted by atomic mass is 14.9. The molecule has 0 aliphatic carbocycles. The molecular weight excluding hydrogens is 302 g/mol. The van der Waals surface area contributed by atoms with Crippen LogP contribution in [-0.2, 0) is 0 Å². The van der Waals surface area contributed by atoms with E-state index in [0.717, 1.165) is 22.3 Å². The van der Waals surface area contributed by atoms with Crippen LogP contribution in [0.2, 0.25) is 0 Å². The van der Waals surface area contributed by atoms with E-state index in [1.807, 2.05) is 24.3 Å². The Kier molecular flexibility index (Phi) is 4.07. The molecule has 0 radical (unpaired) electrons. The smallest absolute Gasteiger partial charge is 0.194 e. The van der Waals surface area contributed by atoms with Gasteiger partial charge in [0, 0.05) is 35.9 Å². The van der Waals surface area contributed by atoms with Crippen LogP contribution in [0.25, 0.3) is 22.3 Å². The summed E-state index contributed by atoms with van der Waals surface area (Å²) in [4.78, 5) is 16.5. The Bertz CT molecular complexity index is 805. The van der Waals surface area contributed by atoms with E-state index in [1.54, 1.807) is 31.7 Å². The van der Waals surface area contributed by atoms with E-state index < -0.39 is 0 Å². The van der Waals surface area contributed by atoms with Crippen LogP contribution >= 0.6 is 0 Å². The molecule has 7 heteroatoms. The minimum absolute atomic E-state index is 0.152. The standard InChI is InChI=1S/C17H15N7/c1-10(18)16-21-6-13(7-22-16)11-2-4-12(5-3-11)14-8-23-17(15(19)20)24-9-14/h2-9,18H,1H3,(H3,19,20). The van der Waals surface area contributed by atoms with Gasteiger partial charge in [-0.1, -0.05) is 24.3 Å². The third-order valence-corrected chi connectivity index (χ3v) is 3.43. The fourth-order valence-corrected chi connectivity index (χ4v) is 2.14. The number of amidine groups is 1. The quantitative estimate of drug-likeness (QED) is 0.503. The highest BCUT2D eigenvalue weighted by Crippen LogP contribution is 2.23. The van der Waals surface area contributed by atoms with Gasteiger partial charge >= 0.3 is 0 Å². The van der Waals surface area contributed by atoms with Gasteiger partial charge in [0.1, 0.15) is 0 Å². The van der Waals surface area contributed by atoms with Crippen LogP contribution in [0.1, 0.15) is 18.6 Å². The van der Waals surface area contributed by atoms with Gasteiger partial charge in [-0.25, -0.2) is 19.9 Å². The zero-order valence-electron chi connectivity index (χ0n) is 13.0. The summed E-state index contributed by atoms with van der Waals surface area (Å²) in [5.41, 5.74) is 9.36. The molecule has 3 rings (SSSR count). The largest absolute Gasteiger partial charge is 0.381 e. The van der Waals surface area contributed by atoms with Crippen molar-refractivity contribution in [1.82, 2.24) is 19.9 Å². The number of hydrogen-bond donors (Lipinski definition) is 3. The second kappa shape index (κ2) is 6.33. The first-order valence-corrected chi connectivity index (χ1v) is 7.19. The maximum atomic E-state index is 7.52. The van der Waals surface area contributed by atoms with E-state index in [4.69, 9.17) is 16.6 Å². The Balaban J connectivity index is 1.84. The normalized spacial score (nSPS) is 10.4. The van der Waals surface area contributed by atoms with E-state index in [2.05, 4.69) is 19.9 Å². The maximum absolute atomic E-state index is 7.52. The second-order valence-corrected chi connectivity index (χ2v) is 5.21. The van der Waals surface area contributed by atoms with E-state index in [9.17, 15) is 0 Å². The Labute approximate surface area is 138 Å². The van der Waals surface area contributed by atoms with E-state index in [1.165, 1.54) is 0 Å². The predicted octanol–water partition coefficient (Wildman–Crippen LogP) is 2.27. The van der Waals surface area contributed by atoms with Crippen molar-refractivity contribution >= 4 is 11.5 Å². The summed E-state index contributed by atoms with van der Waals surface area (Å²) in [6.45, 7) is 1.66. The van der Waals surface area contributed by atoms with Gasteiger partial charge in [-0.3, -0.25) is 5.41 Å². The number of nitrogens with two attached hydrogens (primary N) is 1. The third kappa shape index (κ3) is 3.14. The Hall–Kier alpha value is -3.48. The molecule has 0 atom stereocenters. The predicted molar refractivity (Wildman–Crippen MR) is 92.0 cm³/mol. The second-order valence-electron chi connectivity index (χ2n) is 5.21. The van der Waals surface area contributed by atoms with Gasteiger partial charge in [0.05, 0.1) is 5.71 Å². The lowest BCUT2D eigenvalue weighted by Gasteiger charge is -2.05. The summed E-state index contributed by atoms with van der Waals surface area (Å²) in [7, 11) is 0. The summed E-state index contributed by atoms with van der Waals surface area (Å²) in [6.07, 6.45) is 6.70. The Morgan fingerprint density at radius 3 is 1.42 bits per heavy atom. The fraction of sp³-hybridized carbons (Fsp3) is 0.0588. The minimum Gasteiger partial charge on any atom is -0.381 e. The molecule has 0 saturated heterocycles. The molecule has 0 aliphatic rings. The van der Waals surface area contributed by atoms with E-state index in [0.29, 0.717) is 11.5 Å². The molecule has 3 aromatic rings. The van der Waals surface area contributed by atoms with Crippen LogP contribution in [0.4, 0.5) is 0 Å². The molecule has 1 aromatic carbocycles. The fourth-order valence-electron chi connectivity index (χ4n) is 2.14. The lowest BCUT2D eigenvalue weighted by Crippen LogP contribution is -2.14. The first-order valence-electron chi connectivity index (χ1n) is 7.19. The third-order valence-electron chi connectivity index (χ3n) is 3.43. The molecule has 0 fully saturated rings. The van der Waals surface area contributed by atoms with Crippen molar-refractivity contribution in [3.05, 3.63) is 60.7 Å². The van der Waals surface area contributed by atoms with Crippen molar-refractivity contribution in [1.29, 1.82) is 10.8 Å². The topological polar surface area (TPSA) is 125 Å². The van der Waals surface area contributed by atoms with Gasteiger partial charge in [0.25, 0.3) is 0 Å². The molecule has 0 bridgehead atoms. The monoisotopic (exact) mass is 317 g/mol. The van der Waals surface area contributed by atoms with Crippen molar-refractivity contribution in [2.75, 3.05) is 0 Å². The summed E-state index contributed by atoms with van der Waals surface area (Å²) in [5, 5.41) is 14.8. The molecule has 24 heavy (non-hydrogen) atoms. The van der Waals surface area contributed by atoms with Gasteiger partial charge in [-0.2, -0.15) is 0 Å². The lowest BCUT2D eigenvalue weighted by molar-refractivity contribution is 1.12. The number of rotatable bonds is 4. The molecule has 2 heterocycles. The van der Waals surface area contributed by atoms with Gasteiger partial charge in [0.15, 0.2) is 17.5 Å². The SMILES string of the molecule is CC(=N)c1ncc(-c2ccc(-c3cnc(C(=N)N)nc3)cc2)cn1. The van der Waals surface area contributed by atoms with Crippen molar-refractivity contribution in [2.24, 2.45) is 5.73 Å². The summed E-state index contributed by atoms with van der Waals surface area (Å²) in [5.74, 6) is 0.493. The average Bonchev–Trinajstić information content (AvgIpc) is 2.62. The highest BCUT2D eigenvalue weighted by Gasteiger charge is 2.05. The molecule has 4 N–H and O–H groups in total. The van der Waals surface area contributed by atoms with E-state index in [-0.39, 0.29) is 11.7 Å². The Morgan fingerprint density at radius 2 is 1.08 bits per heavy atom. The molecule has 118 valence electrons. The first-order chi connectivity index (χ1) is 11.5. The van der Waals surface area contributed by atoms with Crippen molar-refractivity contribution in [2.45, 2.75) is 6.92 Å². The molecule has 0 saturated carbocycles. The minimum atomic E-state index is -0.152. The van der Waals surface area contributed by atoms with Crippen LogP contribution < -0.4 is 5.73 Å². The Morgan fingerprint density at radius 1 is 0.708 bits per heavy atom. The molecule has 0 aliphatic heterocycles. The van der Waals surface area contributed by atoms with Crippen LogP contribution in [0.15, 0.2) is 49.1 Å². The van der Waals surface area contributed by atoms with Gasteiger partial charge in [-0.05, 0) is 18.1 Å². The van der Waals surface area contributed by atoms with Crippen molar-refractivity contribution < 1.29 is 0 Å². The van der Waals surface area contributed by atoms with Gasteiger partial charge in [-0.15, -0.1) is 0 Å². The number of hydrogen-bond acceptors (Lipinski definition) is 6. The molecule has 2 aromatic heterocycles. The number of benzene rings is 1. The van der Waals surface area contributed by atoms with Crippen molar-refractivity contribution in [3.8, 4) is 22.3 Å². The maximum Gasteiger partial charge on any atom is 0.194 e. The van der Waals surface area contributed by atoms with Crippen LogP contribution in [-0.4, -0.2) is 31.5 Å². The van der Waals surface area contributed by atoms with Crippen LogP contribution in [0, 0.1) is 10.8 Å². The molecule has 0 spiro atoms.